The van der Waals surface area contributed by atoms with Crippen molar-refractivity contribution in [3.8, 4) is 0 Å². The molecule has 0 heterocycles. The van der Waals surface area contributed by atoms with Gasteiger partial charge in [0.1, 0.15) is 0 Å². The largest absolute Gasteiger partial charge is 0.393 e. The van der Waals surface area contributed by atoms with E-state index in [-0.39, 0.29) is 6.10 Å². The first-order chi connectivity index (χ1) is 5.70. The third-order valence-corrected chi connectivity index (χ3v) is 2.83. The summed E-state index contributed by atoms with van der Waals surface area (Å²) in [5.41, 5.74) is 0. The van der Waals surface area contributed by atoms with E-state index in [1.54, 1.807) is 0 Å². The summed E-state index contributed by atoms with van der Waals surface area (Å²) in [5.74, 6) is 0.832. The van der Waals surface area contributed by atoms with Gasteiger partial charge < -0.3 is 10.4 Å². The lowest BCUT2D eigenvalue weighted by Crippen LogP contribution is -2.32. The molecule has 1 rings (SSSR count). The molecular formula is C10H21NO. The second-order valence-electron chi connectivity index (χ2n) is 4.11. The Labute approximate surface area is 75.4 Å². The molecule has 1 saturated carbocycles. The van der Waals surface area contributed by atoms with E-state index in [2.05, 4.69) is 12.2 Å². The van der Waals surface area contributed by atoms with Crippen LogP contribution in [-0.2, 0) is 0 Å². The number of hydrogen-bond donors (Lipinski definition) is 2. The van der Waals surface area contributed by atoms with Crippen LogP contribution < -0.4 is 5.32 Å². The van der Waals surface area contributed by atoms with Gasteiger partial charge in [0.25, 0.3) is 0 Å². The van der Waals surface area contributed by atoms with E-state index >= 15 is 0 Å². The zero-order valence-electron chi connectivity index (χ0n) is 8.21. The highest BCUT2D eigenvalue weighted by atomic mass is 16.3. The van der Waals surface area contributed by atoms with Crippen LogP contribution in [0.4, 0.5) is 0 Å². The fraction of sp³-hybridized carbons (Fsp3) is 1.00. The summed E-state index contributed by atoms with van der Waals surface area (Å²) >= 11 is 0. The first-order valence-electron chi connectivity index (χ1n) is 5.11. The lowest BCUT2D eigenvalue weighted by Gasteiger charge is -2.17. The summed E-state index contributed by atoms with van der Waals surface area (Å²) in [4.78, 5) is 0. The molecule has 0 spiro atoms. The quantitative estimate of drug-likeness (QED) is 0.672. The van der Waals surface area contributed by atoms with Crippen LogP contribution in [0.15, 0.2) is 0 Å². The average Bonchev–Trinajstić information content (AvgIpc) is 2.36. The fourth-order valence-electron chi connectivity index (χ4n) is 1.93. The van der Waals surface area contributed by atoms with Gasteiger partial charge in [0.05, 0.1) is 6.10 Å². The van der Waals surface area contributed by atoms with Crippen LogP contribution in [0.25, 0.3) is 0 Å². The molecule has 0 aromatic carbocycles. The number of aliphatic hydroxyl groups is 1. The predicted octanol–water partition coefficient (Wildman–Crippen LogP) is 1.54. The highest BCUT2D eigenvalue weighted by Gasteiger charge is 2.22. The standard InChI is InChI=1S/C10H21NO/c1-8-4-3-5-10(8)11-7-6-9(2)12/h8-12H,3-7H2,1-2H3/t8-,9-,10-/m0/s1. The van der Waals surface area contributed by atoms with Crippen molar-refractivity contribution >= 4 is 0 Å². The van der Waals surface area contributed by atoms with Gasteiger partial charge in [0, 0.05) is 6.04 Å². The van der Waals surface area contributed by atoms with Crippen LogP contribution >= 0.6 is 0 Å². The maximum absolute atomic E-state index is 9.05. The van der Waals surface area contributed by atoms with Crippen LogP contribution in [0.1, 0.15) is 39.5 Å². The van der Waals surface area contributed by atoms with Crippen molar-refractivity contribution < 1.29 is 5.11 Å². The smallest absolute Gasteiger partial charge is 0.0524 e. The SMILES string of the molecule is C[C@H](O)CCN[C@H]1CCC[C@@H]1C. The van der Waals surface area contributed by atoms with E-state index in [0.29, 0.717) is 6.04 Å². The summed E-state index contributed by atoms with van der Waals surface area (Å²) in [6.45, 7) is 5.12. The lowest BCUT2D eigenvalue weighted by molar-refractivity contribution is 0.181. The molecule has 0 unspecified atom stereocenters. The number of nitrogens with one attached hydrogen (secondary N) is 1. The van der Waals surface area contributed by atoms with E-state index in [4.69, 9.17) is 5.11 Å². The summed E-state index contributed by atoms with van der Waals surface area (Å²) < 4.78 is 0. The van der Waals surface area contributed by atoms with Crippen molar-refractivity contribution in [2.24, 2.45) is 5.92 Å². The Balaban J connectivity index is 2.06. The van der Waals surface area contributed by atoms with Crippen molar-refractivity contribution in [3.05, 3.63) is 0 Å². The fourth-order valence-corrected chi connectivity index (χ4v) is 1.93. The minimum absolute atomic E-state index is 0.158. The second-order valence-corrected chi connectivity index (χ2v) is 4.11. The van der Waals surface area contributed by atoms with Gasteiger partial charge in [-0.2, -0.15) is 0 Å². The molecule has 12 heavy (non-hydrogen) atoms. The average molecular weight is 171 g/mol. The van der Waals surface area contributed by atoms with Gasteiger partial charge in [-0.25, -0.2) is 0 Å². The second kappa shape index (κ2) is 4.83. The molecule has 1 aliphatic rings. The summed E-state index contributed by atoms with van der Waals surface area (Å²) in [5, 5.41) is 12.6. The first-order valence-corrected chi connectivity index (χ1v) is 5.11. The molecule has 0 amide bonds. The van der Waals surface area contributed by atoms with E-state index in [1.807, 2.05) is 6.92 Å². The lowest BCUT2D eigenvalue weighted by atomic mass is 10.1. The number of rotatable bonds is 4. The van der Waals surface area contributed by atoms with Gasteiger partial charge in [0.2, 0.25) is 0 Å². The van der Waals surface area contributed by atoms with Crippen LogP contribution in [0.2, 0.25) is 0 Å². The normalized spacial score (nSPS) is 32.2. The van der Waals surface area contributed by atoms with Crippen LogP contribution in [0.3, 0.4) is 0 Å². The Morgan fingerprint density at radius 1 is 1.50 bits per heavy atom. The number of hydrogen-bond acceptors (Lipinski definition) is 2. The molecule has 72 valence electrons. The molecular weight excluding hydrogens is 150 g/mol. The zero-order valence-corrected chi connectivity index (χ0v) is 8.21. The Morgan fingerprint density at radius 3 is 2.75 bits per heavy atom. The molecule has 0 saturated heterocycles. The van der Waals surface area contributed by atoms with Crippen LogP contribution in [0.5, 0.6) is 0 Å². The van der Waals surface area contributed by atoms with Gasteiger partial charge in [-0.15, -0.1) is 0 Å². The van der Waals surface area contributed by atoms with Crippen LogP contribution in [0, 0.1) is 5.92 Å². The molecule has 0 radical (unpaired) electrons. The molecule has 0 aliphatic heterocycles. The van der Waals surface area contributed by atoms with E-state index in [0.717, 1.165) is 18.9 Å². The van der Waals surface area contributed by atoms with Crippen molar-refractivity contribution in [2.45, 2.75) is 51.7 Å². The Kier molecular flexibility index (Phi) is 4.02. The molecule has 3 atom stereocenters. The molecule has 1 aliphatic carbocycles. The highest BCUT2D eigenvalue weighted by molar-refractivity contribution is 4.79. The third-order valence-electron chi connectivity index (χ3n) is 2.83. The summed E-state index contributed by atoms with van der Waals surface area (Å²) in [6.07, 6.45) is 4.78. The molecule has 0 aromatic heterocycles. The molecule has 2 nitrogen and oxygen atoms in total. The predicted molar refractivity (Wildman–Crippen MR) is 51.1 cm³/mol. The van der Waals surface area contributed by atoms with Gasteiger partial charge in [-0.1, -0.05) is 13.3 Å². The number of aliphatic hydroxyl groups excluding tert-OH is 1. The van der Waals surface area contributed by atoms with Gasteiger partial charge in [-0.3, -0.25) is 0 Å². The summed E-state index contributed by atoms with van der Waals surface area (Å²) in [7, 11) is 0. The van der Waals surface area contributed by atoms with Crippen molar-refractivity contribution in [1.82, 2.24) is 5.32 Å². The first kappa shape index (κ1) is 10.0. The minimum Gasteiger partial charge on any atom is -0.393 e. The monoisotopic (exact) mass is 171 g/mol. The van der Waals surface area contributed by atoms with Crippen molar-refractivity contribution in [1.29, 1.82) is 0 Å². The molecule has 1 fully saturated rings. The van der Waals surface area contributed by atoms with Gasteiger partial charge in [-0.05, 0) is 38.6 Å². The highest BCUT2D eigenvalue weighted by Crippen LogP contribution is 2.24. The molecule has 2 heteroatoms. The zero-order chi connectivity index (χ0) is 8.97. The summed E-state index contributed by atoms with van der Waals surface area (Å²) in [6, 6.07) is 0.712. The van der Waals surface area contributed by atoms with E-state index in [1.165, 1.54) is 19.3 Å². The molecule has 0 bridgehead atoms. The maximum atomic E-state index is 9.05. The van der Waals surface area contributed by atoms with Crippen molar-refractivity contribution in [2.75, 3.05) is 6.54 Å². The van der Waals surface area contributed by atoms with Crippen molar-refractivity contribution in [3.63, 3.8) is 0 Å². The topological polar surface area (TPSA) is 32.3 Å². The van der Waals surface area contributed by atoms with Gasteiger partial charge in [0.15, 0.2) is 0 Å². The molecule has 0 aromatic rings. The Hall–Kier alpha value is -0.0800. The minimum atomic E-state index is -0.158. The Morgan fingerprint density at radius 2 is 2.25 bits per heavy atom. The van der Waals surface area contributed by atoms with E-state index in [9.17, 15) is 0 Å². The Bertz CT molecular complexity index is 125. The van der Waals surface area contributed by atoms with Crippen LogP contribution in [-0.4, -0.2) is 23.8 Å². The molecule has 2 N–H and O–H groups in total. The van der Waals surface area contributed by atoms with Gasteiger partial charge >= 0.3 is 0 Å². The third kappa shape index (κ3) is 3.11. The maximum Gasteiger partial charge on any atom is 0.0524 e. The van der Waals surface area contributed by atoms with E-state index < -0.39 is 0 Å².